The highest BCUT2D eigenvalue weighted by atomic mass is 16.8. The summed E-state index contributed by atoms with van der Waals surface area (Å²) in [7, 11) is 1.98. The molecular formula is C26H39N5O6. The average molecular weight is 518 g/mol. The van der Waals surface area contributed by atoms with Gasteiger partial charge in [-0.15, -0.1) is 5.06 Å². The summed E-state index contributed by atoms with van der Waals surface area (Å²) in [5.74, 6) is 2.34. The Morgan fingerprint density at radius 2 is 1.78 bits per heavy atom. The van der Waals surface area contributed by atoms with Crippen molar-refractivity contribution < 1.29 is 28.6 Å². The molecule has 0 spiro atoms. The number of rotatable bonds is 11. The maximum absolute atomic E-state index is 11.7. The van der Waals surface area contributed by atoms with E-state index >= 15 is 0 Å². The zero-order valence-corrected chi connectivity index (χ0v) is 22.9. The average Bonchev–Trinajstić information content (AvgIpc) is 2.83. The van der Waals surface area contributed by atoms with Crippen LogP contribution in [0.3, 0.4) is 0 Å². The minimum Gasteiger partial charge on any atom is -0.474 e. The molecule has 3 rings (SSSR count). The molecule has 0 atom stereocenters. The highest BCUT2D eigenvalue weighted by molar-refractivity contribution is 5.59. The smallest absolute Gasteiger partial charge is 0.474 e. The minimum absolute atomic E-state index is 0.0692. The topological polar surface area (TPSA) is 108 Å². The van der Waals surface area contributed by atoms with Crippen molar-refractivity contribution >= 4 is 12.0 Å². The molecule has 1 aliphatic rings. The fourth-order valence-corrected chi connectivity index (χ4v) is 3.66. The molecule has 11 nitrogen and oxygen atoms in total. The van der Waals surface area contributed by atoms with Crippen molar-refractivity contribution in [1.82, 2.24) is 20.0 Å². The van der Waals surface area contributed by atoms with Gasteiger partial charge in [0.2, 0.25) is 11.8 Å². The van der Waals surface area contributed by atoms with Gasteiger partial charge < -0.3 is 28.7 Å². The van der Waals surface area contributed by atoms with Crippen molar-refractivity contribution in [3.05, 3.63) is 29.7 Å². The number of piperidine rings is 1. The lowest BCUT2D eigenvalue weighted by molar-refractivity contribution is -0.151. The lowest BCUT2D eigenvalue weighted by Crippen LogP contribution is -2.40. The first-order valence-electron chi connectivity index (χ1n) is 12.7. The Hall–Kier alpha value is -3.18. The van der Waals surface area contributed by atoms with Crippen LogP contribution >= 0.6 is 0 Å². The summed E-state index contributed by atoms with van der Waals surface area (Å²) < 4.78 is 22.9. The molecule has 37 heavy (non-hydrogen) atoms. The molecule has 0 aliphatic carbocycles. The second-order valence-corrected chi connectivity index (χ2v) is 9.56. The van der Waals surface area contributed by atoms with Crippen molar-refractivity contribution in [2.45, 2.75) is 72.7 Å². The van der Waals surface area contributed by atoms with Crippen LogP contribution in [0, 0.1) is 13.8 Å². The molecule has 11 heteroatoms. The molecule has 3 heterocycles. The van der Waals surface area contributed by atoms with Crippen molar-refractivity contribution in [2.24, 2.45) is 0 Å². The number of anilines is 1. The summed E-state index contributed by atoms with van der Waals surface area (Å²) in [4.78, 5) is 32.3. The first kappa shape index (κ1) is 28.4. The van der Waals surface area contributed by atoms with Crippen molar-refractivity contribution in [3.8, 4) is 17.5 Å². The van der Waals surface area contributed by atoms with Crippen LogP contribution in [0.4, 0.5) is 10.6 Å². The Kier molecular flexibility index (Phi) is 10.3. The number of hydrogen-bond donors (Lipinski definition) is 0. The molecule has 0 N–H and O–H groups in total. The molecule has 1 aliphatic heterocycles. The van der Waals surface area contributed by atoms with E-state index in [1.54, 1.807) is 18.9 Å². The molecule has 0 unspecified atom stereocenters. The zero-order chi connectivity index (χ0) is 26.9. The van der Waals surface area contributed by atoms with Crippen LogP contribution in [0.2, 0.25) is 0 Å². The van der Waals surface area contributed by atoms with E-state index in [0.717, 1.165) is 18.1 Å². The molecule has 1 saturated heterocycles. The van der Waals surface area contributed by atoms with Gasteiger partial charge in [0.15, 0.2) is 5.75 Å². The monoisotopic (exact) mass is 517 g/mol. The molecule has 2 aromatic heterocycles. The van der Waals surface area contributed by atoms with Crippen LogP contribution in [0.15, 0.2) is 18.5 Å². The largest absolute Gasteiger partial charge is 0.528 e. The van der Waals surface area contributed by atoms with Crippen molar-refractivity contribution in [2.75, 3.05) is 38.2 Å². The number of ether oxygens (including phenoxy) is 4. The molecule has 204 valence electrons. The van der Waals surface area contributed by atoms with Crippen molar-refractivity contribution in [3.63, 3.8) is 0 Å². The van der Waals surface area contributed by atoms with Crippen LogP contribution in [-0.2, 0) is 14.3 Å². The van der Waals surface area contributed by atoms with Crippen LogP contribution in [-0.4, -0.2) is 77.8 Å². The van der Waals surface area contributed by atoms with E-state index in [4.69, 9.17) is 23.8 Å². The van der Waals surface area contributed by atoms with Crippen LogP contribution in [0.5, 0.6) is 17.5 Å². The molecular weight excluding hydrogens is 478 g/mol. The quantitative estimate of drug-likeness (QED) is 0.394. The maximum atomic E-state index is 11.7. The predicted molar refractivity (Wildman–Crippen MR) is 138 cm³/mol. The van der Waals surface area contributed by atoms with Gasteiger partial charge in [-0.05, 0) is 53.7 Å². The van der Waals surface area contributed by atoms with Gasteiger partial charge in [0, 0.05) is 39.5 Å². The summed E-state index contributed by atoms with van der Waals surface area (Å²) in [5.41, 5.74) is 1.45. The number of likely N-dealkylation sites (N-methyl/N-ethyl adjacent to an activating group) is 1. The number of carbonyl (C=O) groups excluding carboxylic acids is 1. The molecule has 0 amide bonds. The highest BCUT2D eigenvalue weighted by Crippen LogP contribution is 2.31. The van der Waals surface area contributed by atoms with Gasteiger partial charge in [0.05, 0.1) is 30.1 Å². The number of nitrogens with zero attached hydrogens (tertiary/aromatic N) is 5. The first-order valence-corrected chi connectivity index (χ1v) is 12.7. The van der Waals surface area contributed by atoms with Crippen molar-refractivity contribution in [1.29, 1.82) is 0 Å². The zero-order valence-electron chi connectivity index (χ0n) is 22.9. The van der Waals surface area contributed by atoms with Gasteiger partial charge in [0.25, 0.3) is 0 Å². The number of pyridine rings is 1. The SMILES string of the molecule is Cc1nc(N(C)CCOC(C)C)ccc1Oc1ncnc(OC2CCN(OC(=O)OC(C)C)CC2)c1C. The van der Waals surface area contributed by atoms with Gasteiger partial charge in [-0.1, -0.05) is 0 Å². The van der Waals surface area contributed by atoms with Gasteiger partial charge in [-0.2, -0.15) is 0 Å². The molecule has 1 fully saturated rings. The number of hydrogen-bond acceptors (Lipinski definition) is 11. The second kappa shape index (κ2) is 13.4. The van der Waals surface area contributed by atoms with E-state index in [9.17, 15) is 4.79 Å². The minimum atomic E-state index is -0.688. The Morgan fingerprint density at radius 3 is 2.43 bits per heavy atom. The fraction of sp³-hybridized carbons (Fsp3) is 0.615. The molecule has 0 bridgehead atoms. The standard InChI is InChI=1S/C26H39N5O6/c1-17(2)33-15-14-30(7)23-9-8-22(20(6)29-23)36-25-19(5)24(27-16-28-25)35-21-10-12-31(13-11-21)37-26(32)34-18(3)4/h8-9,16-18,21H,10-15H2,1-7H3. The highest BCUT2D eigenvalue weighted by Gasteiger charge is 2.25. The first-order chi connectivity index (χ1) is 17.6. The molecule has 0 aromatic carbocycles. The van der Waals surface area contributed by atoms with E-state index in [1.165, 1.54) is 6.33 Å². The van der Waals surface area contributed by atoms with E-state index in [-0.39, 0.29) is 18.3 Å². The molecule has 2 aromatic rings. The van der Waals surface area contributed by atoms with E-state index in [0.29, 0.717) is 55.6 Å². The van der Waals surface area contributed by atoms with E-state index in [1.807, 2.05) is 51.8 Å². The Labute approximate surface area is 219 Å². The Bertz CT molecular complexity index is 1030. The third kappa shape index (κ3) is 8.71. The predicted octanol–water partition coefficient (Wildman–Crippen LogP) is 4.46. The van der Waals surface area contributed by atoms with Crippen LogP contribution in [0.25, 0.3) is 0 Å². The Morgan fingerprint density at radius 1 is 1.08 bits per heavy atom. The Balaban J connectivity index is 1.56. The number of aryl methyl sites for hydroxylation is 1. The summed E-state index contributed by atoms with van der Waals surface area (Å²) in [5, 5.41) is 1.60. The van der Waals surface area contributed by atoms with Gasteiger partial charge >= 0.3 is 6.16 Å². The third-order valence-corrected chi connectivity index (χ3v) is 5.70. The van der Waals surface area contributed by atoms with Crippen LogP contribution in [0.1, 0.15) is 51.8 Å². The maximum Gasteiger partial charge on any atom is 0.528 e. The van der Waals surface area contributed by atoms with Crippen LogP contribution < -0.4 is 14.4 Å². The van der Waals surface area contributed by atoms with Gasteiger partial charge in [-0.25, -0.2) is 19.7 Å². The summed E-state index contributed by atoms with van der Waals surface area (Å²) in [6.07, 6.45) is 2.00. The summed E-state index contributed by atoms with van der Waals surface area (Å²) in [6.45, 7) is 13.8. The number of aromatic nitrogens is 3. The second-order valence-electron chi connectivity index (χ2n) is 9.56. The summed E-state index contributed by atoms with van der Waals surface area (Å²) in [6, 6.07) is 3.80. The lowest BCUT2D eigenvalue weighted by Gasteiger charge is -2.30. The van der Waals surface area contributed by atoms with E-state index in [2.05, 4.69) is 15.0 Å². The van der Waals surface area contributed by atoms with E-state index < -0.39 is 6.16 Å². The number of hydroxylamine groups is 2. The fourth-order valence-electron chi connectivity index (χ4n) is 3.66. The van der Waals surface area contributed by atoms with Gasteiger partial charge in [-0.3, -0.25) is 0 Å². The third-order valence-electron chi connectivity index (χ3n) is 5.70. The molecule has 0 radical (unpaired) electrons. The summed E-state index contributed by atoms with van der Waals surface area (Å²) >= 11 is 0. The normalized spacial score (nSPS) is 14.6. The lowest BCUT2D eigenvalue weighted by atomic mass is 10.1. The molecule has 0 saturated carbocycles. The number of carbonyl (C=O) groups is 1. The van der Waals surface area contributed by atoms with Gasteiger partial charge in [0.1, 0.15) is 18.2 Å².